The number of nitrogen functional groups attached to an aromatic ring is 2. The van der Waals surface area contributed by atoms with E-state index in [9.17, 15) is 0 Å². The number of amidine groups is 1. The molecular formula is C18H19N5. The van der Waals surface area contributed by atoms with Gasteiger partial charge >= 0.3 is 0 Å². The largest absolute Gasteiger partial charge is 0.399 e. The van der Waals surface area contributed by atoms with Crippen molar-refractivity contribution < 1.29 is 0 Å². The molecule has 3 rings (SSSR count). The summed E-state index contributed by atoms with van der Waals surface area (Å²) in [6, 6.07) is 15.5. The first-order valence-electron chi connectivity index (χ1n) is 7.40. The molecular weight excluding hydrogens is 286 g/mol. The predicted molar refractivity (Wildman–Crippen MR) is 92.4 cm³/mol. The van der Waals surface area contributed by atoms with Crippen LogP contribution in [0.2, 0.25) is 0 Å². The van der Waals surface area contributed by atoms with Crippen LogP contribution >= 0.6 is 0 Å². The van der Waals surface area contributed by atoms with Crippen molar-refractivity contribution >= 4 is 11.5 Å². The third-order valence-corrected chi connectivity index (χ3v) is 3.76. The molecule has 0 fully saturated rings. The summed E-state index contributed by atoms with van der Waals surface area (Å²) in [5.41, 5.74) is 15.1. The molecule has 5 nitrogen and oxygen atoms in total. The second kappa shape index (κ2) is 6.36. The molecule has 0 unspecified atom stereocenters. The minimum Gasteiger partial charge on any atom is -0.399 e. The first kappa shape index (κ1) is 14.8. The zero-order valence-electron chi connectivity index (χ0n) is 12.7. The molecule has 0 saturated carbocycles. The molecule has 0 aliphatic heterocycles. The van der Waals surface area contributed by atoms with E-state index in [0.717, 1.165) is 28.2 Å². The van der Waals surface area contributed by atoms with E-state index < -0.39 is 0 Å². The molecule has 0 aliphatic carbocycles. The summed E-state index contributed by atoms with van der Waals surface area (Å²) in [5.74, 6) is 1.03. The summed E-state index contributed by atoms with van der Waals surface area (Å²) in [7, 11) is 0. The van der Waals surface area contributed by atoms with E-state index in [4.69, 9.17) is 16.9 Å². The number of hydrogen-bond acceptors (Lipinski definition) is 3. The average molecular weight is 305 g/mol. The molecule has 0 saturated heterocycles. The highest BCUT2D eigenvalue weighted by molar-refractivity contribution is 5.96. The zero-order chi connectivity index (χ0) is 16.2. The average Bonchev–Trinajstić information content (AvgIpc) is 2.94. The number of nitrogens with zero attached hydrogens (tertiary/aromatic N) is 2. The minimum atomic E-state index is 0.0816. The highest BCUT2D eigenvalue weighted by Gasteiger charge is 2.09. The Morgan fingerprint density at radius 1 is 1.13 bits per heavy atom. The number of hydrogen-bond donors (Lipinski definition) is 3. The van der Waals surface area contributed by atoms with Crippen molar-refractivity contribution in [1.82, 2.24) is 9.55 Å². The van der Waals surface area contributed by atoms with Gasteiger partial charge in [-0.25, -0.2) is 4.98 Å². The van der Waals surface area contributed by atoms with Gasteiger partial charge in [0.25, 0.3) is 0 Å². The SMILES string of the molecule is N=C(N)c1ccccc1Cn1ccnc1Cc1cccc(N)c1. The van der Waals surface area contributed by atoms with Crippen LogP contribution < -0.4 is 11.5 Å². The second-order valence-electron chi connectivity index (χ2n) is 5.46. The smallest absolute Gasteiger partial charge is 0.123 e. The fourth-order valence-corrected chi connectivity index (χ4v) is 2.64. The van der Waals surface area contributed by atoms with Gasteiger partial charge in [-0.05, 0) is 23.3 Å². The molecule has 23 heavy (non-hydrogen) atoms. The van der Waals surface area contributed by atoms with Crippen molar-refractivity contribution in [2.45, 2.75) is 13.0 Å². The number of imidazole rings is 1. The Bertz CT molecular complexity index is 835. The fraction of sp³-hybridized carbons (Fsp3) is 0.111. The van der Waals surface area contributed by atoms with E-state index in [1.165, 1.54) is 0 Å². The van der Waals surface area contributed by atoms with Crippen molar-refractivity contribution in [3.63, 3.8) is 0 Å². The molecule has 0 bridgehead atoms. The van der Waals surface area contributed by atoms with Crippen molar-refractivity contribution in [3.05, 3.63) is 83.4 Å². The molecule has 116 valence electrons. The Morgan fingerprint density at radius 3 is 2.74 bits per heavy atom. The standard InChI is InChI=1S/C18H19N5/c19-15-6-3-4-13(10-15)11-17-22-8-9-23(17)12-14-5-1-2-7-16(14)18(20)21/h1-10H,11-12,19H2,(H3,20,21). The number of nitrogens with two attached hydrogens (primary N) is 2. The van der Waals surface area contributed by atoms with Gasteiger partial charge in [-0.3, -0.25) is 5.41 Å². The van der Waals surface area contributed by atoms with Crippen molar-refractivity contribution in [2.24, 2.45) is 5.73 Å². The van der Waals surface area contributed by atoms with Crippen molar-refractivity contribution in [2.75, 3.05) is 5.73 Å². The highest BCUT2D eigenvalue weighted by atomic mass is 15.1. The zero-order valence-corrected chi connectivity index (χ0v) is 12.7. The predicted octanol–water partition coefficient (Wildman–Crippen LogP) is 2.39. The van der Waals surface area contributed by atoms with Crippen LogP contribution in [0.1, 0.15) is 22.5 Å². The van der Waals surface area contributed by atoms with Crippen LogP contribution in [0.5, 0.6) is 0 Å². The molecule has 0 atom stereocenters. The van der Waals surface area contributed by atoms with Gasteiger partial charge in [0, 0.05) is 36.6 Å². The van der Waals surface area contributed by atoms with E-state index in [2.05, 4.69) is 9.55 Å². The van der Waals surface area contributed by atoms with E-state index in [-0.39, 0.29) is 5.84 Å². The number of aromatic nitrogens is 2. The minimum absolute atomic E-state index is 0.0816. The molecule has 1 aromatic heterocycles. The maximum absolute atomic E-state index is 7.70. The third kappa shape index (κ3) is 3.40. The van der Waals surface area contributed by atoms with Gasteiger partial charge in [0.05, 0.1) is 0 Å². The summed E-state index contributed by atoms with van der Waals surface area (Å²) >= 11 is 0. The van der Waals surface area contributed by atoms with E-state index in [1.807, 2.05) is 54.7 Å². The number of benzene rings is 2. The maximum atomic E-state index is 7.70. The van der Waals surface area contributed by atoms with Gasteiger partial charge in [-0.2, -0.15) is 0 Å². The third-order valence-electron chi connectivity index (χ3n) is 3.76. The highest BCUT2D eigenvalue weighted by Crippen LogP contribution is 2.15. The molecule has 0 radical (unpaired) electrons. The molecule has 5 heteroatoms. The fourth-order valence-electron chi connectivity index (χ4n) is 2.64. The summed E-state index contributed by atoms with van der Waals surface area (Å²) in [5, 5.41) is 7.70. The van der Waals surface area contributed by atoms with Crippen LogP contribution in [0.3, 0.4) is 0 Å². The van der Waals surface area contributed by atoms with E-state index in [0.29, 0.717) is 13.0 Å². The van der Waals surface area contributed by atoms with Gasteiger partial charge in [0.15, 0.2) is 0 Å². The Balaban J connectivity index is 1.86. The molecule has 0 amide bonds. The lowest BCUT2D eigenvalue weighted by atomic mass is 10.1. The molecule has 0 spiro atoms. The normalized spacial score (nSPS) is 10.6. The van der Waals surface area contributed by atoms with Gasteiger partial charge in [0.2, 0.25) is 0 Å². The lowest BCUT2D eigenvalue weighted by Crippen LogP contribution is -2.15. The number of nitrogens with one attached hydrogen (secondary N) is 1. The Kier molecular flexibility index (Phi) is 4.10. The van der Waals surface area contributed by atoms with Crippen LogP contribution in [0.25, 0.3) is 0 Å². The van der Waals surface area contributed by atoms with E-state index in [1.54, 1.807) is 6.20 Å². The lowest BCUT2D eigenvalue weighted by Gasteiger charge is -2.12. The van der Waals surface area contributed by atoms with Crippen LogP contribution in [0, 0.1) is 5.41 Å². The first-order chi connectivity index (χ1) is 11.1. The molecule has 2 aromatic carbocycles. The van der Waals surface area contributed by atoms with Crippen LogP contribution in [-0.4, -0.2) is 15.4 Å². The summed E-state index contributed by atoms with van der Waals surface area (Å²) in [4.78, 5) is 4.45. The quantitative estimate of drug-likeness (QED) is 0.384. The van der Waals surface area contributed by atoms with Gasteiger partial charge in [-0.1, -0.05) is 36.4 Å². The lowest BCUT2D eigenvalue weighted by molar-refractivity contribution is 0.739. The maximum Gasteiger partial charge on any atom is 0.123 e. The Morgan fingerprint density at radius 2 is 1.96 bits per heavy atom. The van der Waals surface area contributed by atoms with Crippen LogP contribution in [0.15, 0.2) is 60.9 Å². The van der Waals surface area contributed by atoms with Gasteiger partial charge in [-0.15, -0.1) is 0 Å². The molecule has 1 heterocycles. The Hall–Kier alpha value is -3.08. The molecule has 3 aromatic rings. The Labute approximate surface area is 135 Å². The van der Waals surface area contributed by atoms with Crippen molar-refractivity contribution in [1.29, 1.82) is 5.41 Å². The number of rotatable bonds is 5. The van der Waals surface area contributed by atoms with Crippen LogP contribution in [-0.2, 0) is 13.0 Å². The van der Waals surface area contributed by atoms with Crippen LogP contribution in [0.4, 0.5) is 5.69 Å². The monoisotopic (exact) mass is 305 g/mol. The summed E-state index contributed by atoms with van der Waals surface area (Å²) < 4.78 is 2.07. The first-order valence-corrected chi connectivity index (χ1v) is 7.40. The second-order valence-corrected chi connectivity index (χ2v) is 5.46. The topological polar surface area (TPSA) is 93.7 Å². The molecule has 5 N–H and O–H groups in total. The van der Waals surface area contributed by atoms with E-state index >= 15 is 0 Å². The summed E-state index contributed by atoms with van der Waals surface area (Å²) in [6.07, 6.45) is 4.44. The van der Waals surface area contributed by atoms with Gasteiger partial charge < -0.3 is 16.0 Å². The van der Waals surface area contributed by atoms with Crippen molar-refractivity contribution in [3.8, 4) is 0 Å². The number of anilines is 1. The molecule has 0 aliphatic rings. The summed E-state index contributed by atoms with van der Waals surface area (Å²) in [6.45, 7) is 0.632. The van der Waals surface area contributed by atoms with Gasteiger partial charge in [0.1, 0.15) is 11.7 Å².